The minimum Gasteiger partial charge on any atom is -0.320 e. The normalized spacial score (nSPS) is 12.1. The van der Waals surface area contributed by atoms with Crippen molar-refractivity contribution in [3.8, 4) is 0 Å². The Labute approximate surface area is 108 Å². The average molecular weight is 261 g/mol. The summed E-state index contributed by atoms with van der Waals surface area (Å²) >= 11 is 0. The summed E-state index contributed by atoms with van der Waals surface area (Å²) in [7, 11) is 0. The summed E-state index contributed by atoms with van der Waals surface area (Å²) < 4.78 is 0. The van der Waals surface area contributed by atoms with Gasteiger partial charge in [0.25, 0.3) is 0 Å². The van der Waals surface area contributed by atoms with Crippen molar-refractivity contribution in [1.29, 1.82) is 0 Å². The number of H-pyrrole nitrogens is 1. The van der Waals surface area contributed by atoms with Gasteiger partial charge in [0.15, 0.2) is 5.82 Å². The standard InChI is InChI=1S/C11H20N4O.ClH/c1-5-8-7(4)10(15-14-8)13-11(16)9(12)6(2)3;/h6,9H,5,12H2,1-4H3,(H2,13,14,15,16);1H/t9-;/m0./s1. The van der Waals surface area contributed by atoms with Crippen LogP contribution in [-0.2, 0) is 11.2 Å². The van der Waals surface area contributed by atoms with Crippen molar-refractivity contribution in [2.45, 2.75) is 40.2 Å². The lowest BCUT2D eigenvalue weighted by Crippen LogP contribution is -2.39. The highest BCUT2D eigenvalue weighted by Crippen LogP contribution is 2.15. The lowest BCUT2D eigenvalue weighted by atomic mass is 10.1. The summed E-state index contributed by atoms with van der Waals surface area (Å²) in [6.45, 7) is 7.79. The highest BCUT2D eigenvalue weighted by atomic mass is 35.5. The molecule has 1 aromatic heterocycles. The van der Waals surface area contributed by atoms with Crippen LogP contribution in [0.2, 0.25) is 0 Å². The third-order valence-corrected chi connectivity index (χ3v) is 2.73. The Balaban J connectivity index is 0.00000256. The summed E-state index contributed by atoms with van der Waals surface area (Å²) in [6.07, 6.45) is 0.866. The van der Waals surface area contributed by atoms with E-state index in [0.29, 0.717) is 5.82 Å². The Kier molecular flexibility index (Phi) is 6.20. The molecule has 0 saturated heterocycles. The number of anilines is 1. The van der Waals surface area contributed by atoms with Crippen molar-refractivity contribution in [3.05, 3.63) is 11.3 Å². The van der Waals surface area contributed by atoms with E-state index in [1.807, 2.05) is 27.7 Å². The summed E-state index contributed by atoms with van der Waals surface area (Å²) in [5.74, 6) is 0.509. The van der Waals surface area contributed by atoms with Gasteiger partial charge in [0.1, 0.15) is 0 Å². The van der Waals surface area contributed by atoms with Crippen LogP contribution in [0.5, 0.6) is 0 Å². The number of halogens is 1. The van der Waals surface area contributed by atoms with Crippen molar-refractivity contribution in [1.82, 2.24) is 10.2 Å². The van der Waals surface area contributed by atoms with Gasteiger partial charge < -0.3 is 11.1 Å². The third-order valence-electron chi connectivity index (χ3n) is 2.73. The van der Waals surface area contributed by atoms with Crippen LogP contribution < -0.4 is 11.1 Å². The lowest BCUT2D eigenvalue weighted by Gasteiger charge is -2.14. The van der Waals surface area contributed by atoms with Crippen molar-refractivity contribution in [3.63, 3.8) is 0 Å². The van der Waals surface area contributed by atoms with Gasteiger partial charge in [-0.2, -0.15) is 5.10 Å². The molecule has 0 aliphatic carbocycles. The molecule has 0 aromatic carbocycles. The van der Waals surface area contributed by atoms with E-state index in [1.165, 1.54) is 0 Å². The number of nitrogens with two attached hydrogens (primary N) is 1. The second-order valence-electron chi connectivity index (χ2n) is 4.29. The zero-order chi connectivity index (χ0) is 12.3. The minimum absolute atomic E-state index is 0. The van der Waals surface area contributed by atoms with Crippen molar-refractivity contribution >= 4 is 24.1 Å². The molecule has 0 aliphatic rings. The van der Waals surface area contributed by atoms with E-state index in [2.05, 4.69) is 15.5 Å². The SMILES string of the molecule is CCc1[nH]nc(NC(=O)[C@@H](N)C(C)C)c1C.Cl. The van der Waals surface area contributed by atoms with Crippen LogP contribution in [0.4, 0.5) is 5.82 Å². The highest BCUT2D eigenvalue weighted by Gasteiger charge is 2.19. The van der Waals surface area contributed by atoms with Crippen LogP contribution in [0.1, 0.15) is 32.0 Å². The number of hydrogen-bond donors (Lipinski definition) is 3. The molecule has 0 bridgehead atoms. The Morgan fingerprint density at radius 2 is 2.12 bits per heavy atom. The number of rotatable bonds is 4. The van der Waals surface area contributed by atoms with E-state index < -0.39 is 6.04 Å². The first-order valence-electron chi connectivity index (χ1n) is 5.57. The minimum atomic E-state index is -0.499. The Morgan fingerprint density at radius 1 is 1.53 bits per heavy atom. The van der Waals surface area contributed by atoms with Crippen LogP contribution >= 0.6 is 12.4 Å². The molecule has 4 N–H and O–H groups in total. The van der Waals surface area contributed by atoms with E-state index in [4.69, 9.17) is 5.73 Å². The molecule has 6 heteroatoms. The fourth-order valence-corrected chi connectivity index (χ4v) is 1.40. The molecular formula is C11H21ClN4O. The van der Waals surface area contributed by atoms with E-state index in [0.717, 1.165) is 17.7 Å². The number of carbonyl (C=O) groups is 1. The first kappa shape index (κ1) is 15.9. The topological polar surface area (TPSA) is 83.8 Å². The molecule has 0 fully saturated rings. The lowest BCUT2D eigenvalue weighted by molar-refractivity contribution is -0.118. The smallest absolute Gasteiger partial charge is 0.242 e. The van der Waals surface area contributed by atoms with Gasteiger partial charge in [-0.05, 0) is 19.3 Å². The zero-order valence-corrected chi connectivity index (χ0v) is 11.5. The number of aryl methyl sites for hydroxylation is 1. The summed E-state index contributed by atoms with van der Waals surface area (Å²) in [6, 6.07) is -0.499. The second kappa shape index (κ2) is 6.61. The quantitative estimate of drug-likeness (QED) is 0.769. The van der Waals surface area contributed by atoms with Crippen molar-refractivity contribution < 1.29 is 4.79 Å². The Bertz CT molecular complexity index is 376. The number of hydrogen-bond acceptors (Lipinski definition) is 3. The van der Waals surface area contributed by atoms with Crippen LogP contribution in [0, 0.1) is 12.8 Å². The maximum Gasteiger partial charge on any atom is 0.242 e. The molecule has 0 aliphatic heterocycles. The fraction of sp³-hybridized carbons (Fsp3) is 0.636. The van der Waals surface area contributed by atoms with Crippen LogP contribution in [0.15, 0.2) is 0 Å². The van der Waals surface area contributed by atoms with Gasteiger partial charge in [0.2, 0.25) is 5.91 Å². The van der Waals surface area contributed by atoms with Gasteiger partial charge in [-0.15, -0.1) is 12.4 Å². The molecule has 0 unspecified atom stereocenters. The van der Waals surface area contributed by atoms with Crippen LogP contribution in [0.3, 0.4) is 0 Å². The van der Waals surface area contributed by atoms with Crippen molar-refractivity contribution in [2.24, 2.45) is 11.7 Å². The van der Waals surface area contributed by atoms with Crippen LogP contribution in [-0.4, -0.2) is 22.1 Å². The van der Waals surface area contributed by atoms with Gasteiger partial charge >= 0.3 is 0 Å². The van der Waals surface area contributed by atoms with E-state index in [-0.39, 0.29) is 24.2 Å². The van der Waals surface area contributed by atoms with Gasteiger partial charge in [0, 0.05) is 11.3 Å². The molecular weight excluding hydrogens is 240 g/mol. The summed E-state index contributed by atoms with van der Waals surface area (Å²) in [4.78, 5) is 11.7. The number of aromatic nitrogens is 2. The Hall–Kier alpha value is -1.07. The summed E-state index contributed by atoms with van der Waals surface area (Å²) in [5.41, 5.74) is 7.76. The molecule has 98 valence electrons. The highest BCUT2D eigenvalue weighted by molar-refractivity contribution is 5.94. The third kappa shape index (κ3) is 3.71. The molecule has 1 rings (SSSR count). The molecule has 1 heterocycles. The molecule has 0 spiro atoms. The largest absolute Gasteiger partial charge is 0.320 e. The second-order valence-corrected chi connectivity index (χ2v) is 4.29. The van der Waals surface area contributed by atoms with Crippen LogP contribution in [0.25, 0.3) is 0 Å². The van der Waals surface area contributed by atoms with Gasteiger partial charge in [0.05, 0.1) is 6.04 Å². The first-order chi connectivity index (χ1) is 7.47. The average Bonchev–Trinajstić information content (AvgIpc) is 2.58. The molecule has 17 heavy (non-hydrogen) atoms. The maximum atomic E-state index is 11.7. The molecule has 1 amide bonds. The Morgan fingerprint density at radius 3 is 2.53 bits per heavy atom. The maximum absolute atomic E-state index is 11.7. The van der Waals surface area contributed by atoms with Crippen molar-refractivity contribution in [2.75, 3.05) is 5.32 Å². The first-order valence-corrected chi connectivity index (χ1v) is 5.57. The van der Waals surface area contributed by atoms with Gasteiger partial charge in [-0.3, -0.25) is 9.89 Å². The number of amides is 1. The molecule has 0 saturated carbocycles. The van der Waals surface area contributed by atoms with E-state index >= 15 is 0 Å². The molecule has 0 radical (unpaired) electrons. The number of nitrogens with zero attached hydrogens (tertiary/aromatic N) is 1. The summed E-state index contributed by atoms with van der Waals surface area (Å²) in [5, 5.41) is 9.69. The van der Waals surface area contributed by atoms with Gasteiger partial charge in [-0.1, -0.05) is 20.8 Å². The molecule has 1 aromatic rings. The van der Waals surface area contributed by atoms with E-state index in [9.17, 15) is 4.79 Å². The number of carbonyl (C=O) groups excluding carboxylic acids is 1. The molecule has 1 atom stereocenters. The van der Waals surface area contributed by atoms with Gasteiger partial charge in [-0.25, -0.2) is 0 Å². The monoisotopic (exact) mass is 260 g/mol. The predicted octanol–water partition coefficient (Wildman–Crippen LogP) is 1.62. The number of aromatic amines is 1. The number of nitrogens with one attached hydrogen (secondary N) is 2. The molecule has 5 nitrogen and oxygen atoms in total. The zero-order valence-electron chi connectivity index (χ0n) is 10.7. The van der Waals surface area contributed by atoms with E-state index in [1.54, 1.807) is 0 Å². The predicted molar refractivity (Wildman–Crippen MR) is 71.4 cm³/mol. The fourth-order valence-electron chi connectivity index (χ4n) is 1.40.